The van der Waals surface area contributed by atoms with Gasteiger partial charge in [-0.25, -0.2) is 0 Å². The second-order valence-electron chi connectivity index (χ2n) is 5.25. The van der Waals surface area contributed by atoms with Gasteiger partial charge in [-0.3, -0.25) is 4.79 Å². The second-order valence-corrected chi connectivity index (χ2v) is 6.10. The van der Waals surface area contributed by atoms with Crippen molar-refractivity contribution >= 4 is 21.8 Å². The number of carbonyl (C=O) groups is 1. The molecule has 0 aliphatic heterocycles. The Morgan fingerprint density at radius 1 is 1.50 bits per heavy atom. The SMILES string of the molecule is CCCC(C)(O)CNC(=O)COc1ccc(C)cc1Br. The predicted octanol–water partition coefficient (Wildman–Crippen LogP) is 2.80. The van der Waals surface area contributed by atoms with Gasteiger partial charge in [0.2, 0.25) is 0 Å². The van der Waals surface area contributed by atoms with Crippen LogP contribution in [0.2, 0.25) is 0 Å². The van der Waals surface area contributed by atoms with E-state index in [9.17, 15) is 9.90 Å². The summed E-state index contributed by atoms with van der Waals surface area (Å²) >= 11 is 3.39. The summed E-state index contributed by atoms with van der Waals surface area (Å²) in [6.07, 6.45) is 1.52. The fourth-order valence-electron chi connectivity index (χ4n) is 1.83. The van der Waals surface area contributed by atoms with Crippen molar-refractivity contribution in [2.24, 2.45) is 0 Å². The Morgan fingerprint density at radius 2 is 2.20 bits per heavy atom. The molecule has 0 fully saturated rings. The average molecular weight is 344 g/mol. The molecule has 20 heavy (non-hydrogen) atoms. The monoisotopic (exact) mass is 343 g/mol. The van der Waals surface area contributed by atoms with Gasteiger partial charge in [-0.1, -0.05) is 19.4 Å². The number of ether oxygens (including phenoxy) is 1. The minimum atomic E-state index is -0.866. The molecule has 0 aliphatic rings. The topological polar surface area (TPSA) is 58.6 Å². The first-order valence-corrected chi connectivity index (χ1v) is 7.51. The van der Waals surface area contributed by atoms with Crippen molar-refractivity contribution in [2.75, 3.05) is 13.2 Å². The lowest BCUT2D eigenvalue weighted by Gasteiger charge is -2.22. The molecule has 1 atom stereocenters. The summed E-state index contributed by atoms with van der Waals surface area (Å²) in [4.78, 5) is 11.7. The van der Waals surface area contributed by atoms with Crippen LogP contribution in [0.1, 0.15) is 32.3 Å². The Labute approximate surface area is 128 Å². The third-order valence-electron chi connectivity index (χ3n) is 2.90. The summed E-state index contributed by atoms with van der Waals surface area (Å²) in [5, 5.41) is 12.6. The first kappa shape index (κ1) is 17.0. The van der Waals surface area contributed by atoms with Crippen LogP contribution in [0.4, 0.5) is 0 Å². The molecule has 1 amide bonds. The molecule has 1 aromatic rings. The van der Waals surface area contributed by atoms with E-state index in [0.717, 1.165) is 16.5 Å². The number of hydrogen-bond donors (Lipinski definition) is 2. The maximum absolute atomic E-state index is 11.7. The summed E-state index contributed by atoms with van der Waals surface area (Å²) in [6, 6.07) is 5.67. The molecule has 0 heterocycles. The van der Waals surface area contributed by atoms with Crippen LogP contribution in [0.5, 0.6) is 5.75 Å². The minimum absolute atomic E-state index is 0.0656. The summed E-state index contributed by atoms with van der Waals surface area (Å²) in [6.45, 7) is 5.86. The average Bonchev–Trinajstić information content (AvgIpc) is 2.35. The van der Waals surface area contributed by atoms with E-state index >= 15 is 0 Å². The highest BCUT2D eigenvalue weighted by atomic mass is 79.9. The lowest BCUT2D eigenvalue weighted by molar-refractivity contribution is -0.124. The van der Waals surface area contributed by atoms with Crippen LogP contribution in [-0.2, 0) is 4.79 Å². The number of aryl methyl sites for hydroxylation is 1. The zero-order chi connectivity index (χ0) is 15.2. The second kappa shape index (κ2) is 7.64. The van der Waals surface area contributed by atoms with Crippen molar-refractivity contribution in [3.8, 4) is 5.75 Å². The summed E-state index contributed by atoms with van der Waals surface area (Å²) in [7, 11) is 0. The molecule has 0 radical (unpaired) electrons. The zero-order valence-corrected chi connectivity index (χ0v) is 13.8. The van der Waals surface area contributed by atoms with Crippen LogP contribution in [0.15, 0.2) is 22.7 Å². The molecular formula is C15H22BrNO3. The van der Waals surface area contributed by atoms with E-state index < -0.39 is 5.60 Å². The van der Waals surface area contributed by atoms with Gasteiger partial charge in [0.15, 0.2) is 6.61 Å². The van der Waals surface area contributed by atoms with Gasteiger partial charge in [-0.2, -0.15) is 0 Å². The van der Waals surface area contributed by atoms with Crippen molar-refractivity contribution in [3.63, 3.8) is 0 Å². The summed E-state index contributed by atoms with van der Waals surface area (Å²) in [5.41, 5.74) is 0.249. The van der Waals surface area contributed by atoms with Crippen LogP contribution in [0, 0.1) is 6.92 Å². The molecule has 0 bridgehead atoms. The van der Waals surface area contributed by atoms with Gasteiger partial charge in [0.25, 0.3) is 5.91 Å². The molecular weight excluding hydrogens is 322 g/mol. The van der Waals surface area contributed by atoms with E-state index in [0.29, 0.717) is 12.2 Å². The van der Waals surface area contributed by atoms with E-state index in [-0.39, 0.29) is 19.1 Å². The number of amides is 1. The van der Waals surface area contributed by atoms with Gasteiger partial charge in [0, 0.05) is 6.54 Å². The Balaban J connectivity index is 2.40. The normalized spacial score (nSPS) is 13.7. The zero-order valence-electron chi connectivity index (χ0n) is 12.2. The van der Waals surface area contributed by atoms with Crippen LogP contribution in [0.25, 0.3) is 0 Å². The molecule has 0 aliphatic carbocycles. The molecule has 2 N–H and O–H groups in total. The fraction of sp³-hybridized carbons (Fsp3) is 0.533. The smallest absolute Gasteiger partial charge is 0.258 e. The lowest BCUT2D eigenvalue weighted by atomic mass is 10.0. The first-order valence-electron chi connectivity index (χ1n) is 6.72. The highest BCUT2D eigenvalue weighted by molar-refractivity contribution is 9.10. The minimum Gasteiger partial charge on any atom is -0.483 e. The third-order valence-corrected chi connectivity index (χ3v) is 3.52. The number of hydrogen-bond acceptors (Lipinski definition) is 3. The van der Waals surface area contributed by atoms with E-state index in [1.807, 2.05) is 32.0 Å². The Morgan fingerprint density at radius 3 is 2.80 bits per heavy atom. The molecule has 5 heteroatoms. The Kier molecular flexibility index (Phi) is 6.49. The summed E-state index contributed by atoms with van der Waals surface area (Å²) < 4.78 is 6.26. The standard InChI is InChI=1S/C15H22BrNO3/c1-4-7-15(3,19)10-17-14(18)9-20-13-6-5-11(2)8-12(13)16/h5-6,8,19H,4,7,9-10H2,1-3H3,(H,17,18). The Bertz CT molecular complexity index is 460. The predicted molar refractivity (Wildman–Crippen MR) is 82.9 cm³/mol. The fourth-order valence-corrected chi connectivity index (χ4v) is 2.44. The van der Waals surface area contributed by atoms with Gasteiger partial charge < -0.3 is 15.2 Å². The molecule has 1 rings (SSSR count). The lowest BCUT2D eigenvalue weighted by Crippen LogP contribution is -2.42. The number of nitrogens with one attached hydrogen (secondary N) is 1. The number of carbonyl (C=O) groups excluding carboxylic acids is 1. The van der Waals surface area contributed by atoms with E-state index in [1.54, 1.807) is 6.92 Å². The van der Waals surface area contributed by atoms with Crippen LogP contribution < -0.4 is 10.1 Å². The van der Waals surface area contributed by atoms with Gasteiger partial charge in [-0.05, 0) is 53.9 Å². The van der Waals surface area contributed by atoms with Crippen molar-refractivity contribution < 1.29 is 14.6 Å². The number of benzene rings is 1. The van der Waals surface area contributed by atoms with Crippen LogP contribution >= 0.6 is 15.9 Å². The first-order chi connectivity index (χ1) is 9.34. The number of aliphatic hydroxyl groups is 1. The van der Waals surface area contributed by atoms with Gasteiger partial charge in [0.05, 0.1) is 10.1 Å². The molecule has 4 nitrogen and oxygen atoms in total. The maximum Gasteiger partial charge on any atom is 0.258 e. The number of halogens is 1. The summed E-state index contributed by atoms with van der Waals surface area (Å²) in [5.74, 6) is 0.389. The highest BCUT2D eigenvalue weighted by Gasteiger charge is 2.19. The van der Waals surface area contributed by atoms with Gasteiger partial charge >= 0.3 is 0 Å². The third kappa shape index (κ3) is 5.92. The van der Waals surface area contributed by atoms with E-state index in [4.69, 9.17) is 4.74 Å². The van der Waals surface area contributed by atoms with E-state index in [2.05, 4.69) is 21.2 Å². The Hall–Kier alpha value is -1.07. The molecule has 0 saturated heterocycles. The molecule has 0 saturated carbocycles. The molecule has 1 aromatic carbocycles. The number of rotatable bonds is 7. The molecule has 112 valence electrons. The largest absolute Gasteiger partial charge is 0.483 e. The van der Waals surface area contributed by atoms with Crippen molar-refractivity contribution in [1.82, 2.24) is 5.32 Å². The maximum atomic E-state index is 11.7. The molecule has 0 spiro atoms. The molecule has 0 aromatic heterocycles. The quantitative estimate of drug-likeness (QED) is 0.800. The van der Waals surface area contributed by atoms with Crippen molar-refractivity contribution in [2.45, 2.75) is 39.2 Å². The van der Waals surface area contributed by atoms with Gasteiger partial charge in [-0.15, -0.1) is 0 Å². The van der Waals surface area contributed by atoms with Crippen molar-refractivity contribution in [1.29, 1.82) is 0 Å². The highest BCUT2D eigenvalue weighted by Crippen LogP contribution is 2.25. The van der Waals surface area contributed by atoms with E-state index in [1.165, 1.54) is 0 Å². The van der Waals surface area contributed by atoms with Crippen LogP contribution in [0.3, 0.4) is 0 Å². The van der Waals surface area contributed by atoms with Crippen LogP contribution in [-0.4, -0.2) is 29.8 Å². The van der Waals surface area contributed by atoms with Gasteiger partial charge in [0.1, 0.15) is 5.75 Å². The van der Waals surface area contributed by atoms with Crippen molar-refractivity contribution in [3.05, 3.63) is 28.2 Å². The molecule has 1 unspecified atom stereocenters.